The first-order chi connectivity index (χ1) is 11.2. The Hall–Kier alpha value is -1.65. The van der Waals surface area contributed by atoms with Gasteiger partial charge in [0.15, 0.2) is 11.5 Å². The summed E-state index contributed by atoms with van der Waals surface area (Å²) < 4.78 is 10.8. The quantitative estimate of drug-likeness (QED) is 0.746. The Morgan fingerprint density at radius 1 is 1.09 bits per heavy atom. The van der Waals surface area contributed by atoms with E-state index in [4.69, 9.17) is 26.1 Å². The summed E-state index contributed by atoms with van der Waals surface area (Å²) in [4.78, 5) is 5.89. The fraction of sp³-hybridized carbons (Fsp3) is 0.278. The zero-order valence-corrected chi connectivity index (χ0v) is 14.7. The van der Waals surface area contributed by atoms with Gasteiger partial charge in [0.2, 0.25) is 0 Å². The molecular weight excluding hydrogens is 330 g/mol. The number of benzene rings is 2. The van der Waals surface area contributed by atoms with Gasteiger partial charge in [0.1, 0.15) is 0 Å². The fourth-order valence-corrected chi connectivity index (χ4v) is 3.60. The van der Waals surface area contributed by atoms with Crippen LogP contribution in [0.25, 0.3) is 0 Å². The van der Waals surface area contributed by atoms with E-state index in [0.717, 1.165) is 46.5 Å². The molecule has 3 rings (SSSR count). The van der Waals surface area contributed by atoms with E-state index in [2.05, 4.69) is 6.07 Å². The van der Waals surface area contributed by atoms with E-state index in [-0.39, 0.29) is 0 Å². The van der Waals surface area contributed by atoms with Crippen molar-refractivity contribution in [2.45, 2.75) is 11.3 Å². The van der Waals surface area contributed by atoms with Gasteiger partial charge < -0.3 is 9.47 Å². The predicted molar refractivity (Wildman–Crippen MR) is 96.8 cm³/mol. The molecule has 0 radical (unpaired) electrons. The van der Waals surface area contributed by atoms with Gasteiger partial charge >= 0.3 is 0 Å². The van der Waals surface area contributed by atoms with Gasteiger partial charge in [-0.05, 0) is 48.4 Å². The average Bonchev–Trinajstić information content (AvgIpc) is 2.60. The number of fused-ring (bicyclic) bond motifs is 1. The molecule has 0 saturated heterocycles. The van der Waals surface area contributed by atoms with Crippen molar-refractivity contribution in [1.82, 2.24) is 0 Å². The number of thioether (sulfide) groups is 1. The highest BCUT2D eigenvalue weighted by Gasteiger charge is 2.18. The molecule has 2 aromatic rings. The summed E-state index contributed by atoms with van der Waals surface area (Å²) >= 11 is 7.69. The Labute approximate surface area is 145 Å². The molecule has 1 aliphatic rings. The Morgan fingerprint density at radius 2 is 1.78 bits per heavy atom. The van der Waals surface area contributed by atoms with E-state index in [0.29, 0.717) is 0 Å². The topological polar surface area (TPSA) is 30.8 Å². The molecule has 5 heteroatoms. The Morgan fingerprint density at radius 3 is 2.48 bits per heavy atom. The molecule has 3 nitrogen and oxygen atoms in total. The molecule has 23 heavy (non-hydrogen) atoms. The van der Waals surface area contributed by atoms with E-state index >= 15 is 0 Å². The van der Waals surface area contributed by atoms with Crippen molar-refractivity contribution in [3.05, 3.63) is 52.5 Å². The van der Waals surface area contributed by atoms with E-state index in [9.17, 15) is 0 Å². The fourth-order valence-electron chi connectivity index (χ4n) is 2.60. The van der Waals surface area contributed by atoms with Gasteiger partial charge in [-0.25, -0.2) is 0 Å². The van der Waals surface area contributed by atoms with Crippen LogP contribution in [0.2, 0.25) is 5.02 Å². The molecule has 2 aromatic carbocycles. The molecule has 0 spiro atoms. The number of hydrogen-bond acceptors (Lipinski definition) is 4. The molecule has 0 amide bonds. The van der Waals surface area contributed by atoms with Gasteiger partial charge in [-0.2, -0.15) is 0 Å². The van der Waals surface area contributed by atoms with Crippen molar-refractivity contribution >= 4 is 29.1 Å². The third-order valence-corrected chi connectivity index (χ3v) is 5.07. The minimum atomic E-state index is 0.748. The molecule has 120 valence electrons. The maximum atomic E-state index is 5.93. The summed E-state index contributed by atoms with van der Waals surface area (Å²) in [5.41, 5.74) is 3.53. The first-order valence-corrected chi connectivity index (χ1v) is 8.74. The molecule has 0 fully saturated rings. The molecular formula is C18H18ClNO2S. The van der Waals surface area contributed by atoms with Crippen LogP contribution in [0.5, 0.6) is 11.5 Å². The molecule has 0 aliphatic carbocycles. The zero-order valence-electron chi connectivity index (χ0n) is 13.1. The second kappa shape index (κ2) is 7.28. The molecule has 1 aliphatic heterocycles. The van der Waals surface area contributed by atoms with Crippen molar-refractivity contribution < 1.29 is 9.47 Å². The first kappa shape index (κ1) is 16.2. The molecule has 1 heterocycles. The summed E-state index contributed by atoms with van der Waals surface area (Å²) in [5.74, 6) is 2.35. The number of halogens is 1. The number of methoxy groups -OCH3 is 2. The molecule has 0 aromatic heterocycles. The first-order valence-electron chi connectivity index (χ1n) is 7.38. The molecule has 0 unspecified atom stereocenters. The molecule has 0 saturated carbocycles. The molecule has 0 bridgehead atoms. The van der Waals surface area contributed by atoms with Crippen molar-refractivity contribution in [1.29, 1.82) is 0 Å². The lowest BCUT2D eigenvalue weighted by molar-refractivity contribution is 0.354. The van der Waals surface area contributed by atoms with Crippen molar-refractivity contribution in [2.24, 2.45) is 4.99 Å². The van der Waals surface area contributed by atoms with Gasteiger partial charge in [0.25, 0.3) is 0 Å². The second-order valence-corrected chi connectivity index (χ2v) is 6.67. The lowest BCUT2D eigenvalue weighted by Crippen LogP contribution is -2.15. The summed E-state index contributed by atoms with van der Waals surface area (Å²) in [7, 11) is 3.32. The van der Waals surface area contributed by atoms with Gasteiger partial charge in [-0.1, -0.05) is 11.6 Å². The highest BCUT2D eigenvalue weighted by molar-refractivity contribution is 8.00. The van der Waals surface area contributed by atoms with Gasteiger partial charge in [-0.3, -0.25) is 4.99 Å². The van der Waals surface area contributed by atoms with Crippen LogP contribution in [-0.2, 0) is 6.42 Å². The average molecular weight is 348 g/mol. The minimum Gasteiger partial charge on any atom is -0.493 e. The molecule has 0 atom stereocenters. The summed E-state index contributed by atoms with van der Waals surface area (Å²) in [6.45, 7) is 0.818. The summed E-state index contributed by atoms with van der Waals surface area (Å²) in [6.07, 6.45) is 0.935. The van der Waals surface area contributed by atoms with Crippen LogP contribution < -0.4 is 9.47 Å². The number of hydrogen-bond donors (Lipinski definition) is 0. The van der Waals surface area contributed by atoms with Crippen LogP contribution in [-0.4, -0.2) is 32.2 Å². The van der Waals surface area contributed by atoms with E-state index in [1.807, 2.05) is 30.3 Å². The SMILES string of the molecule is COc1cc2c(cc1OC)C(CSc1ccc(Cl)cc1)=NCC2. The standard InChI is InChI=1S/C18H18ClNO2S/c1-21-17-9-12-7-8-20-16(15(12)10-18(17)22-2)11-23-14-5-3-13(19)4-6-14/h3-6,9-10H,7-8,11H2,1-2H3. The second-order valence-electron chi connectivity index (χ2n) is 5.19. The third-order valence-electron chi connectivity index (χ3n) is 3.79. The monoisotopic (exact) mass is 347 g/mol. The third kappa shape index (κ3) is 3.65. The van der Waals surface area contributed by atoms with Gasteiger partial charge in [-0.15, -0.1) is 11.8 Å². The highest BCUT2D eigenvalue weighted by Crippen LogP contribution is 2.33. The van der Waals surface area contributed by atoms with Crippen LogP contribution in [0.4, 0.5) is 0 Å². The highest BCUT2D eigenvalue weighted by atomic mass is 35.5. The van der Waals surface area contributed by atoms with Crippen molar-refractivity contribution in [2.75, 3.05) is 26.5 Å². The number of rotatable bonds is 5. The van der Waals surface area contributed by atoms with E-state index in [1.165, 1.54) is 10.5 Å². The largest absolute Gasteiger partial charge is 0.493 e. The van der Waals surface area contributed by atoms with Crippen molar-refractivity contribution in [3.8, 4) is 11.5 Å². The maximum Gasteiger partial charge on any atom is 0.161 e. The Bertz CT molecular complexity index is 729. The minimum absolute atomic E-state index is 0.748. The van der Waals surface area contributed by atoms with Crippen LogP contribution in [0, 0.1) is 0 Å². The van der Waals surface area contributed by atoms with Crippen LogP contribution in [0.1, 0.15) is 11.1 Å². The Balaban J connectivity index is 1.82. The predicted octanol–water partition coefficient (Wildman–Crippen LogP) is 4.49. The van der Waals surface area contributed by atoms with E-state index < -0.39 is 0 Å². The van der Waals surface area contributed by atoms with Gasteiger partial charge in [0.05, 0.1) is 19.9 Å². The zero-order chi connectivity index (χ0) is 16.2. The maximum absolute atomic E-state index is 5.93. The summed E-state index contributed by atoms with van der Waals surface area (Å²) in [5, 5.41) is 0.756. The summed E-state index contributed by atoms with van der Waals surface area (Å²) in [6, 6.07) is 12.0. The van der Waals surface area contributed by atoms with E-state index in [1.54, 1.807) is 26.0 Å². The lowest BCUT2D eigenvalue weighted by atomic mass is 9.97. The lowest BCUT2D eigenvalue weighted by Gasteiger charge is -2.19. The number of ether oxygens (including phenoxy) is 2. The van der Waals surface area contributed by atoms with Crippen LogP contribution in [0.3, 0.4) is 0 Å². The van der Waals surface area contributed by atoms with Gasteiger partial charge in [0, 0.05) is 27.8 Å². The number of nitrogens with zero attached hydrogens (tertiary/aromatic N) is 1. The number of aliphatic imine (C=N–C) groups is 1. The van der Waals surface area contributed by atoms with Crippen LogP contribution in [0.15, 0.2) is 46.3 Å². The Kier molecular flexibility index (Phi) is 5.13. The van der Waals surface area contributed by atoms with Crippen LogP contribution >= 0.6 is 23.4 Å². The smallest absolute Gasteiger partial charge is 0.161 e. The van der Waals surface area contributed by atoms with Crippen molar-refractivity contribution in [3.63, 3.8) is 0 Å². The normalized spacial score (nSPS) is 13.3. The molecule has 0 N–H and O–H groups in total.